The number of ether oxygens (including phenoxy) is 1. The van der Waals surface area contributed by atoms with E-state index in [1.165, 1.54) is 19.1 Å². The van der Waals surface area contributed by atoms with Crippen molar-refractivity contribution in [1.29, 1.82) is 0 Å². The first-order valence-corrected chi connectivity index (χ1v) is 5.15. The number of hydrogen-bond donors (Lipinski definition) is 2. The molecule has 1 aromatic rings. The molecule has 0 aliphatic rings. The van der Waals surface area contributed by atoms with E-state index in [9.17, 15) is 14.4 Å². The molecule has 18 heavy (non-hydrogen) atoms. The summed E-state index contributed by atoms with van der Waals surface area (Å²) in [5.41, 5.74) is 0.168. The van der Waals surface area contributed by atoms with Crippen molar-refractivity contribution in [2.45, 2.75) is 13.0 Å². The van der Waals surface area contributed by atoms with E-state index in [1.54, 1.807) is 18.2 Å². The Morgan fingerprint density at radius 3 is 2.06 bits per heavy atom. The largest absolute Gasteiger partial charge is 0.481 e. The molecule has 0 bridgehead atoms. The molecule has 0 saturated carbocycles. The summed E-state index contributed by atoms with van der Waals surface area (Å²) in [6.07, 6.45) is -1.71. The normalized spacial score (nSPS) is 13.4. The third-order valence-electron chi connectivity index (χ3n) is 2.33. The van der Waals surface area contributed by atoms with Crippen LogP contribution in [0.3, 0.4) is 0 Å². The number of rotatable bonds is 5. The maximum Gasteiger partial charge on any atom is 0.345 e. The van der Waals surface area contributed by atoms with Gasteiger partial charge < -0.3 is 14.9 Å². The molecular formula is C12H12O6. The molecule has 0 radical (unpaired) electrons. The van der Waals surface area contributed by atoms with E-state index in [-0.39, 0.29) is 5.56 Å². The molecule has 2 N–H and O–H groups in total. The molecule has 96 valence electrons. The first kappa shape index (κ1) is 13.7. The van der Waals surface area contributed by atoms with Crippen molar-refractivity contribution in [1.82, 2.24) is 0 Å². The molecule has 0 saturated heterocycles. The lowest BCUT2D eigenvalue weighted by Gasteiger charge is -2.17. The molecule has 0 unspecified atom stereocenters. The number of carbonyl (C=O) groups excluding carboxylic acids is 1. The lowest BCUT2D eigenvalue weighted by molar-refractivity contribution is -0.158. The highest BCUT2D eigenvalue weighted by Crippen LogP contribution is 2.12. The lowest BCUT2D eigenvalue weighted by Crippen LogP contribution is -2.37. The van der Waals surface area contributed by atoms with Crippen molar-refractivity contribution >= 4 is 17.9 Å². The fraction of sp³-hybridized carbons (Fsp3) is 0.250. The molecule has 1 rings (SSSR count). The zero-order valence-electron chi connectivity index (χ0n) is 9.57. The summed E-state index contributed by atoms with van der Waals surface area (Å²) in [6, 6.07) is 7.77. The number of esters is 1. The Hall–Kier alpha value is -2.37. The number of benzene rings is 1. The van der Waals surface area contributed by atoms with Crippen LogP contribution in [-0.2, 0) is 14.3 Å². The van der Waals surface area contributed by atoms with Crippen LogP contribution in [0.1, 0.15) is 17.3 Å². The maximum absolute atomic E-state index is 11.6. The Labute approximate surface area is 103 Å². The van der Waals surface area contributed by atoms with Crippen LogP contribution in [0.2, 0.25) is 0 Å². The van der Waals surface area contributed by atoms with Gasteiger partial charge in [0.15, 0.2) is 0 Å². The van der Waals surface area contributed by atoms with Crippen LogP contribution in [-0.4, -0.2) is 34.2 Å². The topological polar surface area (TPSA) is 101 Å². The van der Waals surface area contributed by atoms with Crippen LogP contribution in [0.5, 0.6) is 0 Å². The summed E-state index contributed by atoms with van der Waals surface area (Å²) in [7, 11) is 0. The molecule has 0 aromatic heterocycles. The third-order valence-corrected chi connectivity index (χ3v) is 2.33. The SMILES string of the molecule is C[C@@H](C(=O)O)[C@@H](OC(=O)c1ccccc1)C(=O)O. The highest BCUT2D eigenvalue weighted by Gasteiger charge is 2.33. The van der Waals surface area contributed by atoms with Crippen LogP contribution >= 0.6 is 0 Å². The summed E-state index contributed by atoms with van der Waals surface area (Å²) in [6.45, 7) is 1.17. The minimum Gasteiger partial charge on any atom is -0.481 e. The molecule has 0 aliphatic heterocycles. The first-order chi connectivity index (χ1) is 8.43. The van der Waals surface area contributed by atoms with Crippen molar-refractivity contribution in [3.63, 3.8) is 0 Å². The zero-order valence-corrected chi connectivity index (χ0v) is 9.57. The van der Waals surface area contributed by atoms with Crippen LogP contribution < -0.4 is 0 Å². The Balaban J connectivity index is 2.83. The quantitative estimate of drug-likeness (QED) is 0.758. The second-order valence-corrected chi connectivity index (χ2v) is 3.66. The monoisotopic (exact) mass is 252 g/mol. The predicted molar refractivity (Wildman–Crippen MR) is 60.1 cm³/mol. The van der Waals surface area contributed by atoms with E-state index < -0.39 is 29.9 Å². The molecule has 0 amide bonds. The summed E-state index contributed by atoms with van der Waals surface area (Å²) in [5.74, 6) is -5.02. The summed E-state index contributed by atoms with van der Waals surface area (Å²) >= 11 is 0. The number of hydrogen-bond acceptors (Lipinski definition) is 4. The molecular weight excluding hydrogens is 240 g/mol. The van der Waals surface area contributed by atoms with Gasteiger partial charge >= 0.3 is 17.9 Å². The highest BCUT2D eigenvalue weighted by molar-refractivity contribution is 5.92. The number of carbonyl (C=O) groups is 3. The zero-order chi connectivity index (χ0) is 13.7. The van der Waals surface area contributed by atoms with Gasteiger partial charge in [0.1, 0.15) is 5.92 Å². The van der Waals surface area contributed by atoms with E-state index in [0.717, 1.165) is 0 Å². The van der Waals surface area contributed by atoms with Crippen LogP contribution in [0.15, 0.2) is 30.3 Å². The Bertz CT molecular complexity index is 453. The van der Waals surface area contributed by atoms with Crippen LogP contribution in [0.25, 0.3) is 0 Å². The van der Waals surface area contributed by atoms with Gasteiger partial charge in [-0.2, -0.15) is 0 Å². The predicted octanol–water partition coefficient (Wildman–Crippen LogP) is 1.02. The number of carboxylic acid groups (broad SMARTS) is 2. The Morgan fingerprint density at radius 1 is 1.06 bits per heavy atom. The first-order valence-electron chi connectivity index (χ1n) is 5.15. The van der Waals surface area contributed by atoms with Gasteiger partial charge in [-0.3, -0.25) is 4.79 Å². The molecule has 0 heterocycles. The molecule has 0 aliphatic carbocycles. The molecule has 6 nitrogen and oxygen atoms in total. The van der Waals surface area contributed by atoms with E-state index >= 15 is 0 Å². The van der Waals surface area contributed by atoms with Gasteiger partial charge in [0.05, 0.1) is 5.56 Å². The molecule has 0 fully saturated rings. The average Bonchev–Trinajstić information content (AvgIpc) is 2.35. The maximum atomic E-state index is 11.6. The van der Waals surface area contributed by atoms with Crippen LogP contribution in [0, 0.1) is 5.92 Å². The number of carboxylic acids is 2. The van der Waals surface area contributed by atoms with Gasteiger partial charge in [-0.1, -0.05) is 18.2 Å². The van der Waals surface area contributed by atoms with E-state index in [2.05, 4.69) is 0 Å². The second kappa shape index (κ2) is 5.81. The van der Waals surface area contributed by atoms with Crippen molar-refractivity contribution in [3.05, 3.63) is 35.9 Å². The highest BCUT2D eigenvalue weighted by atomic mass is 16.6. The van der Waals surface area contributed by atoms with Crippen molar-refractivity contribution in [2.75, 3.05) is 0 Å². The molecule has 6 heteroatoms. The van der Waals surface area contributed by atoms with E-state index in [1.807, 2.05) is 0 Å². The summed E-state index contributed by atoms with van der Waals surface area (Å²) in [5, 5.41) is 17.6. The summed E-state index contributed by atoms with van der Waals surface area (Å²) in [4.78, 5) is 33.2. The van der Waals surface area contributed by atoms with E-state index in [4.69, 9.17) is 14.9 Å². The van der Waals surface area contributed by atoms with Gasteiger partial charge in [0.2, 0.25) is 6.10 Å². The van der Waals surface area contributed by atoms with Crippen LogP contribution in [0.4, 0.5) is 0 Å². The van der Waals surface area contributed by atoms with Crippen molar-refractivity contribution < 1.29 is 29.3 Å². The second-order valence-electron chi connectivity index (χ2n) is 3.66. The molecule has 2 atom stereocenters. The van der Waals surface area contributed by atoms with Crippen molar-refractivity contribution in [2.24, 2.45) is 5.92 Å². The summed E-state index contributed by atoms with van der Waals surface area (Å²) < 4.78 is 4.70. The minimum atomic E-state index is -1.71. The Morgan fingerprint density at radius 2 is 1.61 bits per heavy atom. The van der Waals surface area contributed by atoms with Gasteiger partial charge in [-0.15, -0.1) is 0 Å². The Kier molecular flexibility index (Phi) is 4.42. The van der Waals surface area contributed by atoms with Gasteiger partial charge in [0, 0.05) is 0 Å². The minimum absolute atomic E-state index is 0.168. The third kappa shape index (κ3) is 3.31. The van der Waals surface area contributed by atoms with Crippen molar-refractivity contribution in [3.8, 4) is 0 Å². The standard InChI is InChI=1S/C12H12O6/c1-7(10(13)14)9(11(15)16)18-12(17)8-5-3-2-4-6-8/h2-7,9H,1H3,(H,13,14)(H,15,16)/t7-,9-/m1/s1. The molecule has 1 aromatic carbocycles. The van der Waals surface area contributed by atoms with Gasteiger partial charge in [-0.05, 0) is 19.1 Å². The number of aliphatic carboxylic acids is 2. The smallest absolute Gasteiger partial charge is 0.345 e. The van der Waals surface area contributed by atoms with Gasteiger partial charge in [-0.25, -0.2) is 9.59 Å². The fourth-order valence-corrected chi connectivity index (χ4v) is 1.25. The average molecular weight is 252 g/mol. The van der Waals surface area contributed by atoms with E-state index in [0.29, 0.717) is 0 Å². The molecule has 0 spiro atoms. The van der Waals surface area contributed by atoms with Gasteiger partial charge in [0.25, 0.3) is 0 Å². The fourth-order valence-electron chi connectivity index (χ4n) is 1.25. The lowest BCUT2D eigenvalue weighted by atomic mass is 10.1.